The Bertz CT molecular complexity index is 697. The summed E-state index contributed by atoms with van der Waals surface area (Å²) >= 11 is 0. The fraction of sp³-hybridized carbons (Fsp3) is 0.412. The summed E-state index contributed by atoms with van der Waals surface area (Å²) in [5.74, 6) is -0.171. The molecular formula is C17H20N2O3. The lowest BCUT2D eigenvalue weighted by Gasteiger charge is -2.19. The lowest BCUT2D eigenvalue weighted by Crippen LogP contribution is -2.37. The average Bonchev–Trinajstić information content (AvgIpc) is 2.78. The molecule has 0 aliphatic carbocycles. The van der Waals surface area contributed by atoms with E-state index in [1.807, 2.05) is 12.1 Å². The quantitative estimate of drug-likeness (QED) is 0.700. The Hall–Kier alpha value is -2.30. The van der Waals surface area contributed by atoms with Crippen LogP contribution in [0.15, 0.2) is 24.4 Å². The Morgan fingerprint density at radius 1 is 1.14 bits per heavy atom. The third kappa shape index (κ3) is 2.71. The van der Waals surface area contributed by atoms with Crippen molar-refractivity contribution in [2.24, 2.45) is 0 Å². The van der Waals surface area contributed by atoms with E-state index >= 15 is 0 Å². The first-order valence-corrected chi connectivity index (χ1v) is 7.69. The van der Waals surface area contributed by atoms with E-state index in [-0.39, 0.29) is 0 Å². The zero-order valence-corrected chi connectivity index (χ0v) is 12.7. The van der Waals surface area contributed by atoms with E-state index in [9.17, 15) is 9.59 Å². The maximum Gasteiger partial charge on any atom is 0.295 e. The van der Waals surface area contributed by atoms with Gasteiger partial charge in [0.25, 0.3) is 11.7 Å². The number of hydrogen-bond donors (Lipinski definition) is 1. The molecule has 0 atom stereocenters. The van der Waals surface area contributed by atoms with Crippen molar-refractivity contribution in [3.05, 3.63) is 30.0 Å². The summed E-state index contributed by atoms with van der Waals surface area (Å²) in [7, 11) is 1.58. The van der Waals surface area contributed by atoms with E-state index in [0.717, 1.165) is 36.6 Å². The summed E-state index contributed by atoms with van der Waals surface area (Å²) in [5, 5.41) is 0.729. The molecule has 116 valence electrons. The number of aromatic nitrogens is 1. The maximum absolute atomic E-state index is 12.6. The van der Waals surface area contributed by atoms with Crippen molar-refractivity contribution in [1.82, 2.24) is 9.88 Å². The minimum atomic E-state index is -0.443. The Morgan fingerprint density at radius 3 is 2.55 bits per heavy atom. The van der Waals surface area contributed by atoms with Crippen molar-refractivity contribution in [2.75, 3.05) is 20.2 Å². The van der Waals surface area contributed by atoms with Crippen LogP contribution in [0.1, 0.15) is 36.0 Å². The number of nitrogens with zero attached hydrogens (tertiary/aromatic N) is 1. The van der Waals surface area contributed by atoms with Crippen LogP contribution in [0.5, 0.6) is 5.75 Å². The number of aromatic amines is 1. The first-order valence-electron chi connectivity index (χ1n) is 7.69. The number of carbonyl (C=O) groups is 2. The van der Waals surface area contributed by atoms with Crippen molar-refractivity contribution < 1.29 is 14.3 Å². The lowest BCUT2D eigenvalue weighted by atomic mass is 10.1. The number of Topliss-reactive ketones (excluding diaryl/α,β-unsaturated/α-hetero) is 1. The molecular weight excluding hydrogens is 280 g/mol. The molecule has 2 heterocycles. The number of ether oxygens (including phenoxy) is 1. The molecule has 1 aliphatic heterocycles. The third-order valence-corrected chi connectivity index (χ3v) is 4.22. The van der Waals surface area contributed by atoms with Crippen LogP contribution in [-0.4, -0.2) is 41.8 Å². The SMILES string of the molecule is COc1ccc2[nH]cc(C(=O)C(=O)N3CCCCCC3)c2c1. The number of carbonyl (C=O) groups excluding carboxylic acids is 2. The van der Waals surface area contributed by atoms with E-state index in [2.05, 4.69) is 4.98 Å². The normalized spacial score (nSPS) is 15.6. The third-order valence-electron chi connectivity index (χ3n) is 4.22. The van der Waals surface area contributed by atoms with Gasteiger partial charge in [-0.15, -0.1) is 0 Å². The number of fused-ring (bicyclic) bond motifs is 1. The molecule has 1 saturated heterocycles. The molecule has 0 saturated carbocycles. The first-order chi connectivity index (χ1) is 10.7. The Balaban J connectivity index is 1.89. The minimum Gasteiger partial charge on any atom is -0.497 e. The summed E-state index contributed by atoms with van der Waals surface area (Å²) in [5.41, 5.74) is 1.25. The van der Waals surface area contributed by atoms with Gasteiger partial charge in [0.1, 0.15) is 5.75 Å². The highest BCUT2D eigenvalue weighted by Gasteiger charge is 2.26. The summed E-state index contributed by atoms with van der Waals surface area (Å²) < 4.78 is 5.20. The number of H-pyrrole nitrogens is 1. The smallest absolute Gasteiger partial charge is 0.295 e. The molecule has 0 unspecified atom stereocenters. The summed E-state index contributed by atoms with van der Waals surface area (Å²) in [6.45, 7) is 1.35. The first kappa shape index (κ1) is 14.6. The minimum absolute atomic E-state index is 0.398. The predicted octanol–water partition coefficient (Wildman–Crippen LogP) is 2.76. The van der Waals surface area contributed by atoms with Gasteiger partial charge in [-0.1, -0.05) is 12.8 Å². The summed E-state index contributed by atoms with van der Waals surface area (Å²) in [6.07, 6.45) is 5.81. The standard InChI is InChI=1S/C17H20N2O3/c1-22-12-6-7-15-13(10-12)14(11-18-15)16(20)17(21)19-8-4-2-3-5-9-19/h6-7,10-11,18H,2-5,8-9H2,1H3. The highest BCUT2D eigenvalue weighted by atomic mass is 16.5. The molecule has 5 nitrogen and oxygen atoms in total. The molecule has 5 heteroatoms. The van der Waals surface area contributed by atoms with E-state index in [1.54, 1.807) is 24.3 Å². The van der Waals surface area contributed by atoms with Crippen LogP contribution in [0.4, 0.5) is 0 Å². The molecule has 1 aromatic heterocycles. The van der Waals surface area contributed by atoms with Gasteiger partial charge in [-0.25, -0.2) is 0 Å². The van der Waals surface area contributed by atoms with Crippen molar-refractivity contribution in [2.45, 2.75) is 25.7 Å². The van der Waals surface area contributed by atoms with Crippen molar-refractivity contribution in [3.63, 3.8) is 0 Å². The zero-order chi connectivity index (χ0) is 15.5. The molecule has 1 aromatic carbocycles. The van der Waals surface area contributed by atoms with Crippen LogP contribution in [-0.2, 0) is 4.79 Å². The van der Waals surface area contributed by atoms with Gasteiger partial charge in [0.05, 0.1) is 12.7 Å². The van der Waals surface area contributed by atoms with Gasteiger partial charge in [0.15, 0.2) is 0 Å². The van der Waals surface area contributed by atoms with E-state index in [4.69, 9.17) is 4.74 Å². The van der Waals surface area contributed by atoms with Gasteiger partial charge >= 0.3 is 0 Å². The second-order valence-electron chi connectivity index (χ2n) is 5.65. The fourth-order valence-corrected chi connectivity index (χ4v) is 2.95. The maximum atomic E-state index is 12.6. The van der Waals surface area contributed by atoms with Crippen LogP contribution in [0.3, 0.4) is 0 Å². The summed E-state index contributed by atoms with van der Waals surface area (Å²) in [4.78, 5) is 29.8. The number of amides is 1. The van der Waals surface area contributed by atoms with Gasteiger partial charge in [-0.2, -0.15) is 0 Å². The number of ketones is 1. The number of rotatable bonds is 3. The van der Waals surface area contributed by atoms with Crippen LogP contribution in [0.25, 0.3) is 10.9 Å². The lowest BCUT2D eigenvalue weighted by molar-refractivity contribution is -0.126. The summed E-state index contributed by atoms with van der Waals surface area (Å²) in [6, 6.07) is 5.46. The Kier molecular flexibility index (Phi) is 4.13. The number of methoxy groups -OCH3 is 1. The Labute approximate surface area is 129 Å². The molecule has 1 aliphatic rings. The van der Waals surface area contributed by atoms with Crippen LogP contribution in [0.2, 0.25) is 0 Å². The van der Waals surface area contributed by atoms with Gasteiger partial charge < -0.3 is 14.6 Å². The molecule has 0 spiro atoms. The molecule has 1 N–H and O–H groups in total. The van der Waals surface area contributed by atoms with Crippen molar-refractivity contribution in [1.29, 1.82) is 0 Å². The monoisotopic (exact) mass is 300 g/mol. The molecule has 22 heavy (non-hydrogen) atoms. The topological polar surface area (TPSA) is 62.4 Å². The van der Waals surface area contributed by atoms with Crippen LogP contribution in [0, 0.1) is 0 Å². The number of likely N-dealkylation sites (tertiary alicyclic amines) is 1. The highest BCUT2D eigenvalue weighted by Crippen LogP contribution is 2.24. The van der Waals surface area contributed by atoms with Gasteiger partial charge in [-0.3, -0.25) is 9.59 Å². The molecule has 3 rings (SSSR count). The molecule has 1 amide bonds. The van der Waals surface area contributed by atoms with E-state index < -0.39 is 11.7 Å². The number of nitrogens with one attached hydrogen (secondary N) is 1. The largest absolute Gasteiger partial charge is 0.497 e. The van der Waals surface area contributed by atoms with Gasteiger partial charge in [-0.05, 0) is 31.0 Å². The molecule has 1 fully saturated rings. The van der Waals surface area contributed by atoms with Crippen LogP contribution < -0.4 is 4.74 Å². The molecule has 2 aromatic rings. The zero-order valence-electron chi connectivity index (χ0n) is 12.7. The predicted molar refractivity (Wildman–Crippen MR) is 84.2 cm³/mol. The number of benzene rings is 1. The average molecular weight is 300 g/mol. The van der Waals surface area contributed by atoms with E-state index in [1.165, 1.54) is 0 Å². The second kappa shape index (κ2) is 6.22. The van der Waals surface area contributed by atoms with E-state index in [0.29, 0.717) is 24.4 Å². The van der Waals surface area contributed by atoms with Crippen molar-refractivity contribution >= 4 is 22.6 Å². The van der Waals surface area contributed by atoms with Crippen molar-refractivity contribution in [3.8, 4) is 5.75 Å². The molecule has 0 radical (unpaired) electrons. The highest BCUT2D eigenvalue weighted by molar-refractivity contribution is 6.44. The molecule has 0 bridgehead atoms. The van der Waals surface area contributed by atoms with Gasteiger partial charge in [0.2, 0.25) is 0 Å². The Morgan fingerprint density at radius 2 is 1.86 bits per heavy atom. The number of hydrogen-bond acceptors (Lipinski definition) is 3. The van der Waals surface area contributed by atoms with Crippen LogP contribution >= 0.6 is 0 Å². The van der Waals surface area contributed by atoms with Gasteiger partial charge in [0, 0.05) is 30.2 Å². The second-order valence-corrected chi connectivity index (χ2v) is 5.65. The fourth-order valence-electron chi connectivity index (χ4n) is 2.95.